The highest BCUT2D eigenvalue weighted by Crippen LogP contribution is 2.41. The molecule has 1 heterocycles. The number of ether oxygens (including phenoxy) is 3. The molecule has 0 radical (unpaired) electrons. The minimum Gasteiger partial charge on any atom is -0.493 e. The van der Waals surface area contributed by atoms with E-state index in [2.05, 4.69) is 10.6 Å². The molecule has 1 aliphatic rings. The van der Waals surface area contributed by atoms with Crippen LogP contribution in [0.4, 0.5) is 20.6 Å². The topological polar surface area (TPSA) is 166 Å². The van der Waals surface area contributed by atoms with Crippen LogP contribution in [-0.4, -0.2) is 64.3 Å². The summed E-state index contributed by atoms with van der Waals surface area (Å²) in [7, 11) is 0.306. The fraction of sp³-hybridized carbons (Fsp3) is 0.344. The van der Waals surface area contributed by atoms with Crippen molar-refractivity contribution in [2.45, 2.75) is 48.9 Å². The molecule has 0 spiro atoms. The first kappa shape index (κ1) is 34.0. The van der Waals surface area contributed by atoms with E-state index in [1.807, 2.05) is 0 Å². The lowest BCUT2D eigenvalue weighted by Gasteiger charge is -2.32. The summed E-state index contributed by atoms with van der Waals surface area (Å²) in [6.07, 6.45) is 0.239. The molecule has 1 fully saturated rings. The predicted octanol–water partition coefficient (Wildman–Crippen LogP) is 4.82. The van der Waals surface area contributed by atoms with Crippen LogP contribution in [0.1, 0.15) is 60.3 Å². The number of nitrogens with two attached hydrogens (primary N) is 1. The molecule has 4 N–H and O–H groups in total. The Hall–Kier alpha value is -4.85. The first-order valence-electron chi connectivity index (χ1n) is 14.4. The lowest BCUT2D eigenvalue weighted by atomic mass is 10.0. The Labute approximate surface area is 266 Å². The lowest BCUT2D eigenvalue weighted by Crippen LogP contribution is -2.38. The molecule has 0 aliphatic carbocycles. The van der Waals surface area contributed by atoms with Crippen molar-refractivity contribution in [1.29, 1.82) is 0 Å². The maximum atomic E-state index is 14.6. The van der Waals surface area contributed by atoms with Crippen molar-refractivity contribution in [1.82, 2.24) is 4.90 Å². The second kappa shape index (κ2) is 14.1. The van der Waals surface area contributed by atoms with E-state index in [0.717, 1.165) is 12.1 Å². The maximum Gasteiger partial charge on any atom is 0.411 e. The number of anilines is 2. The van der Waals surface area contributed by atoms with Gasteiger partial charge in [0.1, 0.15) is 11.9 Å². The highest BCUT2D eigenvalue weighted by molar-refractivity contribution is 7.92. The average molecular weight is 657 g/mol. The molecule has 3 aromatic rings. The van der Waals surface area contributed by atoms with E-state index in [4.69, 9.17) is 19.9 Å². The van der Waals surface area contributed by atoms with Crippen LogP contribution in [-0.2, 0) is 19.4 Å². The number of hydrogen-bond donors (Lipinski definition) is 3. The maximum absolute atomic E-state index is 14.6. The summed E-state index contributed by atoms with van der Waals surface area (Å²) in [5, 5.41) is 4.85. The highest BCUT2D eigenvalue weighted by Gasteiger charge is 2.38. The Morgan fingerprint density at radius 1 is 0.957 bits per heavy atom. The first-order valence-corrected chi connectivity index (χ1v) is 16.0. The van der Waals surface area contributed by atoms with Gasteiger partial charge in [-0.1, -0.05) is 6.07 Å². The van der Waals surface area contributed by atoms with Gasteiger partial charge in [0.25, 0.3) is 0 Å². The van der Waals surface area contributed by atoms with Gasteiger partial charge in [0.05, 0.1) is 37.5 Å². The fourth-order valence-corrected chi connectivity index (χ4v) is 6.68. The molecule has 1 saturated heterocycles. The molecule has 3 amide bonds. The van der Waals surface area contributed by atoms with E-state index in [0.29, 0.717) is 35.5 Å². The van der Waals surface area contributed by atoms with Crippen molar-refractivity contribution in [2.24, 2.45) is 5.73 Å². The van der Waals surface area contributed by atoms with Crippen molar-refractivity contribution < 1.29 is 41.4 Å². The molecule has 12 nitrogen and oxygen atoms in total. The second-order valence-electron chi connectivity index (χ2n) is 10.9. The largest absolute Gasteiger partial charge is 0.493 e. The zero-order valence-electron chi connectivity index (χ0n) is 26.1. The number of methoxy groups -OCH3 is 3. The predicted molar refractivity (Wildman–Crippen MR) is 169 cm³/mol. The van der Waals surface area contributed by atoms with Crippen molar-refractivity contribution >= 4 is 39.1 Å². The van der Waals surface area contributed by atoms with Crippen LogP contribution in [0.5, 0.6) is 11.5 Å². The molecular formula is C32H37FN4O8S. The van der Waals surface area contributed by atoms with Gasteiger partial charge in [-0.3, -0.25) is 14.9 Å². The number of benzene rings is 3. The number of rotatable bonds is 11. The molecule has 3 aromatic carbocycles. The normalized spacial score (nSPS) is 15.3. The molecule has 246 valence electrons. The molecule has 0 unspecified atom stereocenters. The van der Waals surface area contributed by atoms with E-state index in [9.17, 15) is 27.2 Å². The van der Waals surface area contributed by atoms with E-state index >= 15 is 0 Å². The third kappa shape index (κ3) is 7.17. The third-order valence-electron chi connectivity index (χ3n) is 7.74. The molecular weight excluding hydrogens is 619 g/mol. The Kier molecular flexibility index (Phi) is 10.4. The molecule has 2 atom stereocenters. The zero-order valence-corrected chi connectivity index (χ0v) is 26.9. The molecule has 14 heteroatoms. The number of nitrogens with one attached hydrogen (secondary N) is 2. The number of sulfone groups is 1. The Morgan fingerprint density at radius 2 is 1.67 bits per heavy atom. The van der Waals surface area contributed by atoms with Crippen molar-refractivity contribution in [3.05, 3.63) is 77.1 Å². The summed E-state index contributed by atoms with van der Waals surface area (Å²) in [4.78, 5) is 40.0. The number of carbonyl (C=O) groups excluding carboxylic acids is 3. The van der Waals surface area contributed by atoms with Gasteiger partial charge < -0.3 is 30.2 Å². The monoisotopic (exact) mass is 656 g/mol. The van der Waals surface area contributed by atoms with Crippen molar-refractivity contribution in [3.63, 3.8) is 0 Å². The third-order valence-corrected chi connectivity index (χ3v) is 9.97. The Bertz CT molecular complexity index is 1750. The number of carbonyl (C=O) groups is 3. The van der Waals surface area contributed by atoms with E-state index in [-0.39, 0.29) is 28.4 Å². The summed E-state index contributed by atoms with van der Waals surface area (Å²) in [6, 6.07) is 10.9. The van der Waals surface area contributed by atoms with Crippen LogP contribution in [0.2, 0.25) is 0 Å². The SMILES string of the molecule is COC(=O)Nc1ccc(S(=O)(=O)C(C)C)c([C@H]2CCCN2C(=O)[C@@H](Nc2cc(F)cc(C(N)=O)c2)c2ccc(OC)c(OC)c2)c1. The van der Waals surface area contributed by atoms with E-state index in [1.165, 1.54) is 45.6 Å². The van der Waals surface area contributed by atoms with Crippen molar-refractivity contribution in [3.8, 4) is 11.5 Å². The summed E-state index contributed by atoms with van der Waals surface area (Å²) >= 11 is 0. The van der Waals surface area contributed by atoms with E-state index < -0.39 is 50.9 Å². The lowest BCUT2D eigenvalue weighted by molar-refractivity contribution is -0.133. The highest BCUT2D eigenvalue weighted by atomic mass is 32.2. The first-order chi connectivity index (χ1) is 21.8. The Balaban J connectivity index is 1.84. The van der Waals surface area contributed by atoms with Crippen LogP contribution in [0.3, 0.4) is 0 Å². The van der Waals surface area contributed by atoms with Crippen LogP contribution in [0.25, 0.3) is 0 Å². The molecule has 46 heavy (non-hydrogen) atoms. The van der Waals surface area contributed by atoms with Crippen LogP contribution in [0, 0.1) is 5.82 Å². The van der Waals surface area contributed by atoms with Gasteiger partial charge in [0.15, 0.2) is 21.3 Å². The van der Waals surface area contributed by atoms with Gasteiger partial charge in [-0.2, -0.15) is 0 Å². The van der Waals surface area contributed by atoms with Gasteiger partial charge >= 0.3 is 6.09 Å². The summed E-state index contributed by atoms with van der Waals surface area (Å²) in [6.45, 7) is 3.40. The van der Waals surface area contributed by atoms with Crippen LogP contribution < -0.4 is 25.8 Å². The smallest absolute Gasteiger partial charge is 0.411 e. The van der Waals surface area contributed by atoms with Gasteiger partial charge in [0, 0.05) is 23.5 Å². The number of primary amides is 1. The average Bonchev–Trinajstić information content (AvgIpc) is 3.52. The molecule has 4 rings (SSSR count). The number of halogens is 1. The molecule has 0 saturated carbocycles. The fourth-order valence-electron chi connectivity index (χ4n) is 5.39. The van der Waals surface area contributed by atoms with Gasteiger partial charge in [-0.05, 0) is 86.3 Å². The van der Waals surface area contributed by atoms with Crippen molar-refractivity contribution in [2.75, 3.05) is 38.5 Å². The van der Waals surface area contributed by atoms with Gasteiger partial charge in [-0.25, -0.2) is 17.6 Å². The number of hydrogen-bond acceptors (Lipinski definition) is 9. The van der Waals surface area contributed by atoms with Gasteiger partial charge in [-0.15, -0.1) is 0 Å². The quantitative estimate of drug-likeness (QED) is 0.262. The van der Waals surface area contributed by atoms with Gasteiger partial charge in [0.2, 0.25) is 11.8 Å². The minimum absolute atomic E-state index is 0.0365. The summed E-state index contributed by atoms with van der Waals surface area (Å²) in [5.74, 6) is -1.30. The minimum atomic E-state index is -3.81. The van der Waals surface area contributed by atoms with Crippen LogP contribution >= 0.6 is 0 Å². The second-order valence-corrected chi connectivity index (χ2v) is 13.4. The number of likely N-dealkylation sites (tertiary alicyclic amines) is 1. The van der Waals surface area contributed by atoms with Crippen LogP contribution in [0.15, 0.2) is 59.5 Å². The van der Waals surface area contributed by atoms with E-state index in [1.54, 1.807) is 36.9 Å². The number of amides is 3. The molecule has 1 aliphatic heterocycles. The zero-order chi connectivity index (χ0) is 33.8. The Morgan fingerprint density at radius 3 is 2.30 bits per heavy atom. The molecule has 0 bridgehead atoms. The standard InChI is InChI=1S/C32H37FN4O8S/c1-18(2)46(41,42)28-11-9-22(36-32(40)45-5)17-24(28)25-7-6-12-37(25)31(39)29(19-8-10-26(43-3)27(15-19)44-4)35-23-14-20(30(34)38)13-21(33)16-23/h8-11,13-18,25,29,35H,6-7,12H2,1-5H3,(H2,34,38)(H,36,40)/t25-,29+/m1/s1. The summed E-state index contributed by atoms with van der Waals surface area (Å²) in [5.41, 5.74) is 6.47. The summed E-state index contributed by atoms with van der Waals surface area (Å²) < 4.78 is 57.1. The molecule has 0 aromatic heterocycles. The number of nitrogens with zero attached hydrogens (tertiary/aromatic N) is 1.